The summed E-state index contributed by atoms with van der Waals surface area (Å²) in [7, 11) is -7.78. The number of nitrogens with one attached hydrogen (secondary N) is 3. The van der Waals surface area contributed by atoms with Crippen molar-refractivity contribution < 1.29 is 21.6 Å². The highest BCUT2D eigenvalue weighted by atomic mass is 32.2. The summed E-state index contributed by atoms with van der Waals surface area (Å²) < 4.78 is 57.0. The van der Waals surface area contributed by atoms with Gasteiger partial charge >= 0.3 is 0 Å². The third-order valence-corrected chi connectivity index (χ3v) is 8.96. The van der Waals surface area contributed by atoms with Gasteiger partial charge in [0.05, 0.1) is 15.5 Å². The molecule has 3 N–H and O–H groups in total. The quantitative estimate of drug-likeness (QED) is 0.251. The number of carbonyl (C=O) groups excluding carboxylic acids is 1. The Balaban J connectivity index is 1.51. The molecule has 1 amide bonds. The van der Waals surface area contributed by atoms with Gasteiger partial charge in [0.1, 0.15) is 0 Å². The molecule has 39 heavy (non-hydrogen) atoms. The molecule has 0 heterocycles. The van der Waals surface area contributed by atoms with E-state index in [2.05, 4.69) is 14.8 Å². The molecule has 0 bridgehead atoms. The largest absolute Gasteiger partial charge is 0.322 e. The first-order valence-corrected chi connectivity index (χ1v) is 15.0. The fourth-order valence-electron chi connectivity index (χ4n) is 4.00. The molecule has 0 saturated heterocycles. The molecule has 4 aromatic rings. The van der Waals surface area contributed by atoms with Gasteiger partial charge in [-0.05, 0) is 99.0 Å². The zero-order valence-electron chi connectivity index (χ0n) is 21.9. The monoisotopic (exact) mass is 563 g/mol. The molecule has 202 valence electrons. The van der Waals surface area contributed by atoms with E-state index in [0.717, 1.165) is 16.7 Å². The number of rotatable bonds is 8. The molecule has 0 fully saturated rings. The minimum atomic E-state index is -3.96. The highest BCUT2D eigenvalue weighted by Crippen LogP contribution is 2.25. The van der Waals surface area contributed by atoms with Crippen LogP contribution >= 0.6 is 0 Å². The normalized spacial score (nSPS) is 11.6. The minimum Gasteiger partial charge on any atom is -0.322 e. The van der Waals surface area contributed by atoms with E-state index >= 15 is 0 Å². The van der Waals surface area contributed by atoms with Crippen molar-refractivity contribution in [1.82, 2.24) is 0 Å². The Labute approximate surface area is 229 Å². The van der Waals surface area contributed by atoms with Gasteiger partial charge in [0, 0.05) is 16.9 Å². The highest BCUT2D eigenvalue weighted by Gasteiger charge is 2.21. The molecule has 0 aliphatic rings. The van der Waals surface area contributed by atoms with E-state index in [9.17, 15) is 21.6 Å². The van der Waals surface area contributed by atoms with Gasteiger partial charge in [-0.25, -0.2) is 16.8 Å². The van der Waals surface area contributed by atoms with E-state index < -0.39 is 26.0 Å². The lowest BCUT2D eigenvalue weighted by molar-refractivity contribution is 0.102. The SMILES string of the molecule is Cc1cccc(NS(=O)(=O)c2ccc(NC(=O)c3ccc(C)c(S(=O)(=O)Nc4ccc(C)cc4C)c3)cc2)c1. The van der Waals surface area contributed by atoms with E-state index in [-0.39, 0.29) is 15.4 Å². The summed E-state index contributed by atoms with van der Waals surface area (Å²) in [4.78, 5) is 13.0. The summed E-state index contributed by atoms with van der Waals surface area (Å²) in [6.45, 7) is 7.26. The predicted molar refractivity (Wildman–Crippen MR) is 154 cm³/mol. The van der Waals surface area contributed by atoms with Crippen LogP contribution in [0.25, 0.3) is 0 Å². The summed E-state index contributed by atoms with van der Waals surface area (Å²) in [6, 6.07) is 22.5. The number of hydrogen-bond donors (Lipinski definition) is 3. The fraction of sp³-hybridized carbons (Fsp3) is 0.138. The number of anilines is 3. The van der Waals surface area contributed by atoms with E-state index in [4.69, 9.17) is 0 Å². The van der Waals surface area contributed by atoms with Gasteiger partial charge in [-0.15, -0.1) is 0 Å². The average molecular weight is 564 g/mol. The Bertz CT molecular complexity index is 1770. The molecule has 0 spiro atoms. The van der Waals surface area contributed by atoms with Crippen LogP contribution in [0.1, 0.15) is 32.6 Å². The van der Waals surface area contributed by atoms with E-state index in [0.29, 0.717) is 22.6 Å². The zero-order valence-corrected chi connectivity index (χ0v) is 23.6. The molecule has 0 unspecified atom stereocenters. The van der Waals surface area contributed by atoms with Crippen LogP contribution in [0.5, 0.6) is 0 Å². The van der Waals surface area contributed by atoms with Crippen molar-refractivity contribution in [2.24, 2.45) is 0 Å². The maximum absolute atomic E-state index is 13.2. The van der Waals surface area contributed by atoms with Crippen LogP contribution in [0, 0.1) is 27.7 Å². The van der Waals surface area contributed by atoms with Gasteiger partial charge in [-0.3, -0.25) is 14.2 Å². The molecular weight excluding hydrogens is 534 g/mol. The number of benzene rings is 4. The van der Waals surface area contributed by atoms with Gasteiger partial charge in [-0.2, -0.15) is 0 Å². The number of carbonyl (C=O) groups is 1. The number of amides is 1. The molecule has 8 nitrogen and oxygen atoms in total. The van der Waals surface area contributed by atoms with Gasteiger partial charge < -0.3 is 5.32 Å². The Morgan fingerprint density at radius 2 is 1.31 bits per heavy atom. The molecule has 0 aliphatic heterocycles. The van der Waals surface area contributed by atoms with Crippen LogP contribution in [-0.4, -0.2) is 22.7 Å². The van der Waals surface area contributed by atoms with Crippen molar-refractivity contribution in [3.63, 3.8) is 0 Å². The molecule has 0 saturated carbocycles. The predicted octanol–water partition coefficient (Wildman–Crippen LogP) is 5.77. The van der Waals surface area contributed by atoms with Crippen molar-refractivity contribution in [2.75, 3.05) is 14.8 Å². The lowest BCUT2D eigenvalue weighted by atomic mass is 10.1. The van der Waals surface area contributed by atoms with E-state index in [1.54, 1.807) is 37.3 Å². The molecule has 4 rings (SSSR count). The zero-order chi connectivity index (χ0) is 28.4. The summed E-state index contributed by atoms with van der Waals surface area (Å²) >= 11 is 0. The maximum Gasteiger partial charge on any atom is 0.262 e. The molecule has 10 heteroatoms. The summed E-state index contributed by atoms with van der Waals surface area (Å²) in [6.07, 6.45) is 0. The van der Waals surface area contributed by atoms with Crippen LogP contribution in [0.3, 0.4) is 0 Å². The second-order valence-corrected chi connectivity index (χ2v) is 12.7. The smallest absolute Gasteiger partial charge is 0.262 e. The average Bonchev–Trinajstić information content (AvgIpc) is 2.86. The Hall–Kier alpha value is -4.15. The first-order chi connectivity index (χ1) is 18.3. The number of hydrogen-bond acceptors (Lipinski definition) is 5. The first-order valence-electron chi connectivity index (χ1n) is 12.1. The van der Waals surface area contributed by atoms with Gasteiger partial charge in [0.15, 0.2) is 0 Å². The van der Waals surface area contributed by atoms with Gasteiger partial charge in [0.25, 0.3) is 26.0 Å². The lowest BCUT2D eigenvalue weighted by Gasteiger charge is -2.14. The number of sulfonamides is 2. The van der Waals surface area contributed by atoms with Crippen LogP contribution in [0.4, 0.5) is 17.1 Å². The summed E-state index contributed by atoms with van der Waals surface area (Å²) in [5.74, 6) is -0.536. The van der Waals surface area contributed by atoms with Crippen LogP contribution in [0.15, 0.2) is 94.7 Å². The molecule has 0 atom stereocenters. The molecule has 4 aromatic carbocycles. The lowest BCUT2D eigenvalue weighted by Crippen LogP contribution is -2.17. The second kappa shape index (κ2) is 10.9. The van der Waals surface area contributed by atoms with Crippen LogP contribution in [0.2, 0.25) is 0 Å². The molecular formula is C29H29N3O5S2. The third-order valence-electron chi connectivity index (χ3n) is 6.06. The van der Waals surface area contributed by atoms with Crippen molar-refractivity contribution >= 4 is 43.0 Å². The van der Waals surface area contributed by atoms with E-state index in [1.165, 1.54) is 36.4 Å². The first kappa shape index (κ1) is 27.9. The Morgan fingerprint density at radius 1 is 0.615 bits per heavy atom. The summed E-state index contributed by atoms with van der Waals surface area (Å²) in [5, 5.41) is 2.69. The van der Waals surface area contributed by atoms with Gasteiger partial charge in [-0.1, -0.05) is 35.9 Å². The Morgan fingerprint density at radius 3 is 1.97 bits per heavy atom. The second-order valence-electron chi connectivity index (χ2n) is 9.36. The topological polar surface area (TPSA) is 121 Å². The van der Waals surface area contributed by atoms with Crippen molar-refractivity contribution in [2.45, 2.75) is 37.5 Å². The molecule has 0 aromatic heterocycles. The standard InChI is InChI=1S/C29H29N3O5S2/c1-19-6-5-7-25(17-19)31-38(34,35)26-13-11-24(12-14-26)30-29(33)23-10-9-21(3)28(18-23)39(36,37)32-27-15-8-20(2)16-22(27)4/h5-18,31-32H,1-4H3,(H,30,33). The van der Waals surface area contributed by atoms with Crippen LogP contribution < -0.4 is 14.8 Å². The number of aryl methyl sites for hydroxylation is 4. The van der Waals surface area contributed by atoms with Gasteiger partial charge in [0.2, 0.25) is 0 Å². The van der Waals surface area contributed by atoms with Crippen molar-refractivity contribution in [3.8, 4) is 0 Å². The highest BCUT2D eigenvalue weighted by molar-refractivity contribution is 7.93. The van der Waals surface area contributed by atoms with Crippen LogP contribution in [-0.2, 0) is 20.0 Å². The fourth-order valence-corrected chi connectivity index (χ4v) is 6.45. The minimum absolute atomic E-state index is 0.0150. The summed E-state index contributed by atoms with van der Waals surface area (Å²) in [5.41, 5.74) is 4.60. The third kappa shape index (κ3) is 6.65. The Kier molecular flexibility index (Phi) is 7.80. The van der Waals surface area contributed by atoms with E-state index in [1.807, 2.05) is 39.0 Å². The van der Waals surface area contributed by atoms with Crippen molar-refractivity contribution in [1.29, 1.82) is 0 Å². The molecule has 0 radical (unpaired) electrons. The van der Waals surface area contributed by atoms with Crippen molar-refractivity contribution in [3.05, 3.63) is 113 Å². The maximum atomic E-state index is 13.2. The molecule has 0 aliphatic carbocycles.